The monoisotopic (exact) mass is 495 g/mol. The van der Waals surface area contributed by atoms with Gasteiger partial charge in [0.15, 0.2) is 11.5 Å². The smallest absolute Gasteiger partial charge is 0.269 e. The number of carbonyl (C=O) groups is 2. The number of rotatable bonds is 8. The fraction of sp³-hybridized carbons (Fsp3) is 0.320. The summed E-state index contributed by atoms with van der Waals surface area (Å²) in [5.41, 5.74) is 1.26. The molecule has 1 heterocycles. The van der Waals surface area contributed by atoms with Crippen LogP contribution >= 0.6 is 11.6 Å². The van der Waals surface area contributed by atoms with Crippen molar-refractivity contribution in [2.75, 3.05) is 6.61 Å². The Morgan fingerprint density at radius 2 is 1.77 bits per heavy atom. The van der Waals surface area contributed by atoms with Crippen molar-refractivity contribution < 1.29 is 24.0 Å². The second kappa shape index (κ2) is 9.14. The number of fused-ring (bicyclic) bond motifs is 5. The molecule has 0 unspecified atom stereocenters. The number of benzene rings is 2. The predicted molar refractivity (Wildman–Crippen MR) is 127 cm³/mol. The molecule has 2 bridgehead atoms. The fourth-order valence-electron chi connectivity index (χ4n) is 5.06. The lowest BCUT2D eigenvalue weighted by atomic mass is 9.85. The molecule has 35 heavy (non-hydrogen) atoms. The number of amides is 2. The van der Waals surface area contributed by atoms with E-state index in [1.54, 1.807) is 24.3 Å². The van der Waals surface area contributed by atoms with Crippen LogP contribution in [0.3, 0.4) is 0 Å². The first-order valence-corrected chi connectivity index (χ1v) is 11.7. The van der Waals surface area contributed by atoms with Gasteiger partial charge in [-0.1, -0.05) is 23.8 Å². The number of carbonyl (C=O) groups excluding carboxylic acids is 2. The molecule has 2 aromatic rings. The number of hydrogen-bond donors (Lipinski definition) is 0. The van der Waals surface area contributed by atoms with Gasteiger partial charge in [-0.05, 0) is 60.6 Å². The fourth-order valence-corrected chi connectivity index (χ4v) is 5.33. The third kappa shape index (κ3) is 4.16. The highest BCUT2D eigenvalue weighted by atomic mass is 35.5. The van der Waals surface area contributed by atoms with Gasteiger partial charge in [0, 0.05) is 12.1 Å². The summed E-state index contributed by atoms with van der Waals surface area (Å²) in [7, 11) is 0. The van der Waals surface area contributed by atoms with Crippen molar-refractivity contribution in [2.24, 2.45) is 28.8 Å². The Bertz CT molecular complexity index is 1230. The number of ether oxygens (including phenoxy) is 2. The number of nitro groups is 1. The summed E-state index contributed by atoms with van der Waals surface area (Å²) in [6.07, 6.45) is 6.35. The first-order chi connectivity index (χ1) is 16.9. The summed E-state index contributed by atoms with van der Waals surface area (Å²) in [6, 6.07) is 9.29. The van der Waals surface area contributed by atoms with Gasteiger partial charge in [0.1, 0.15) is 6.61 Å². The van der Waals surface area contributed by atoms with Gasteiger partial charge in [0.05, 0.1) is 34.6 Å². The predicted octanol–water partition coefficient (Wildman–Crippen LogP) is 4.37. The number of imide groups is 1. The molecule has 4 atom stereocenters. The van der Waals surface area contributed by atoms with E-state index >= 15 is 0 Å². The van der Waals surface area contributed by atoms with Crippen LogP contribution in [0.5, 0.6) is 11.5 Å². The molecule has 180 valence electrons. The van der Waals surface area contributed by atoms with Gasteiger partial charge >= 0.3 is 0 Å². The Hall–Kier alpha value is -3.72. The minimum atomic E-state index is -0.466. The van der Waals surface area contributed by atoms with Gasteiger partial charge < -0.3 is 9.47 Å². The molecule has 2 aromatic carbocycles. The van der Waals surface area contributed by atoms with Crippen LogP contribution in [0.15, 0.2) is 53.7 Å². The van der Waals surface area contributed by atoms with E-state index in [0.29, 0.717) is 23.7 Å². The van der Waals surface area contributed by atoms with E-state index in [1.807, 2.05) is 19.1 Å². The molecule has 5 rings (SSSR count). The van der Waals surface area contributed by atoms with Crippen molar-refractivity contribution in [1.82, 2.24) is 5.01 Å². The molecular weight excluding hydrogens is 474 g/mol. The quantitative estimate of drug-likeness (QED) is 0.177. The first-order valence-electron chi connectivity index (χ1n) is 11.3. The van der Waals surface area contributed by atoms with Crippen molar-refractivity contribution in [3.8, 4) is 11.5 Å². The zero-order valence-electron chi connectivity index (χ0n) is 18.8. The van der Waals surface area contributed by atoms with Gasteiger partial charge in [-0.15, -0.1) is 0 Å². The van der Waals surface area contributed by atoms with E-state index in [2.05, 4.69) is 5.10 Å². The van der Waals surface area contributed by atoms with Gasteiger partial charge in [-0.2, -0.15) is 10.1 Å². The molecule has 0 radical (unpaired) electrons. The van der Waals surface area contributed by atoms with Crippen LogP contribution < -0.4 is 9.47 Å². The van der Waals surface area contributed by atoms with Crippen LogP contribution in [0.2, 0.25) is 5.02 Å². The van der Waals surface area contributed by atoms with Crippen LogP contribution in [-0.2, 0) is 16.2 Å². The summed E-state index contributed by atoms with van der Waals surface area (Å²) >= 11 is 6.47. The standard InChI is InChI=1S/C25H22ClN3O6/c1-2-34-20-10-15(9-19(26)23(20)35-13-14-3-7-18(8-4-14)29(32)33)12-27-28-24(30)21-16-5-6-17(11-16)22(21)25(28)31/h3-10,12,16-17,21-22H,2,11,13H2,1H3/t16-,17-,21-,22+/m0/s1. The zero-order valence-corrected chi connectivity index (χ0v) is 19.6. The Kier molecular flexibility index (Phi) is 6.02. The average molecular weight is 496 g/mol. The Balaban J connectivity index is 1.32. The third-order valence-corrected chi connectivity index (χ3v) is 6.91. The van der Waals surface area contributed by atoms with E-state index in [1.165, 1.54) is 18.3 Å². The largest absolute Gasteiger partial charge is 0.490 e. The molecule has 0 aromatic heterocycles. The molecule has 9 nitrogen and oxygen atoms in total. The van der Waals surface area contributed by atoms with Gasteiger partial charge in [0.25, 0.3) is 17.5 Å². The van der Waals surface area contributed by atoms with Crippen molar-refractivity contribution in [1.29, 1.82) is 0 Å². The van der Waals surface area contributed by atoms with Crippen molar-refractivity contribution in [3.63, 3.8) is 0 Å². The van der Waals surface area contributed by atoms with E-state index in [0.717, 1.165) is 17.0 Å². The SMILES string of the molecule is CCOc1cc(C=NN2C(=O)[C@@H]3[C@H](C2=O)[C@H]2C=C[C@H]3C2)cc(Cl)c1OCc1ccc([N+](=O)[O-])cc1. The van der Waals surface area contributed by atoms with E-state index < -0.39 is 4.92 Å². The highest BCUT2D eigenvalue weighted by Crippen LogP contribution is 2.52. The number of allylic oxidation sites excluding steroid dienone is 2. The van der Waals surface area contributed by atoms with Crippen molar-refractivity contribution in [3.05, 3.63) is 74.8 Å². The number of nitrogens with zero attached hydrogens (tertiary/aromatic N) is 3. The lowest BCUT2D eigenvalue weighted by Crippen LogP contribution is -2.28. The molecule has 3 aliphatic rings. The number of halogens is 1. The molecule has 0 N–H and O–H groups in total. The maximum atomic E-state index is 12.8. The lowest BCUT2D eigenvalue weighted by Gasteiger charge is -2.15. The Labute approximate surface area is 206 Å². The van der Waals surface area contributed by atoms with Gasteiger partial charge in [-0.25, -0.2) is 0 Å². The molecule has 10 heteroatoms. The van der Waals surface area contributed by atoms with E-state index in [-0.39, 0.29) is 52.8 Å². The van der Waals surface area contributed by atoms with E-state index in [4.69, 9.17) is 21.1 Å². The molecule has 1 saturated heterocycles. The molecule has 2 fully saturated rings. The minimum absolute atomic E-state index is 0.00654. The van der Waals surface area contributed by atoms with Crippen LogP contribution in [-0.4, -0.2) is 34.6 Å². The number of nitro benzene ring substituents is 1. The second-order valence-electron chi connectivity index (χ2n) is 8.71. The first kappa shape index (κ1) is 23.0. The number of non-ortho nitro benzene ring substituents is 1. The lowest BCUT2D eigenvalue weighted by molar-refractivity contribution is -0.384. The molecular formula is C25H22ClN3O6. The van der Waals surface area contributed by atoms with E-state index in [9.17, 15) is 19.7 Å². The molecule has 0 spiro atoms. The van der Waals surface area contributed by atoms with Crippen LogP contribution in [0.25, 0.3) is 0 Å². The summed E-state index contributed by atoms with van der Waals surface area (Å²) in [5.74, 6) is -0.212. The topological polar surface area (TPSA) is 111 Å². The summed E-state index contributed by atoms with van der Waals surface area (Å²) in [4.78, 5) is 36.0. The molecule has 1 aliphatic heterocycles. The highest BCUT2D eigenvalue weighted by Gasteiger charge is 2.59. The van der Waals surface area contributed by atoms with Gasteiger partial charge in [0.2, 0.25) is 0 Å². The highest BCUT2D eigenvalue weighted by molar-refractivity contribution is 6.32. The van der Waals surface area contributed by atoms with Crippen LogP contribution in [0, 0.1) is 33.8 Å². The zero-order chi connectivity index (χ0) is 24.7. The maximum Gasteiger partial charge on any atom is 0.269 e. The van der Waals surface area contributed by atoms with Crippen molar-refractivity contribution in [2.45, 2.75) is 20.0 Å². The molecule has 2 aliphatic carbocycles. The normalized spacial score (nSPS) is 24.5. The van der Waals surface area contributed by atoms with Crippen molar-refractivity contribution >= 4 is 35.3 Å². The average Bonchev–Trinajstić information content (AvgIpc) is 3.52. The summed E-state index contributed by atoms with van der Waals surface area (Å²) in [6.45, 7) is 2.30. The Morgan fingerprint density at radius 1 is 1.11 bits per heavy atom. The van der Waals surface area contributed by atoms with Crippen LogP contribution in [0.1, 0.15) is 24.5 Å². The third-order valence-electron chi connectivity index (χ3n) is 6.63. The van der Waals surface area contributed by atoms with Gasteiger partial charge in [-0.3, -0.25) is 19.7 Å². The Morgan fingerprint density at radius 3 is 2.37 bits per heavy atom. The molecule has 1 saturated carbocycles. The number of hydrazone groups is 1. The molecule has 2 amide bonds. The maximum absolute atomic E-state index is 12.8. The summed E-state index contributed by atoms with van der Waals surface area (Å²) in [5, 5.41) is 16.3. The van der Waals surface area contributed by atoms with Crippen LogP contribution in [0.4, 0.5) is 5.69 Å². The second-order valence-corrected chi connectivity index (χ2v) is 9.12. The summed E-state index contributed by atoms with van der Waals surface area (Å²) < 4.78 is 11.6. The number of hydrogen-bond acceptors (Lipinski definition) is 7. The minimum Gasteiger partial charge on any atom is -0.490 e.